The molecule has 7 nitrogen and oxygen atoms in total. The van der Waals surface area contributed by atoms with Crippen molar-refractivity contribution >= 4 is 56.7 Å². The second-order valence-corrected chi connectivity index (χ2v) is 11.6. The highest BCUT2D eigenvalue weighted by Crippen LogP contribution is 2.43. The second-order valence-electron chi connectivity index (χ2n) is 8.52. The lowest BCUT2D eigenvalue weighted by Crippen LogP contribution is -2.33. The molecule has 0 saturated carbocycles. The minimum atomic E-state index is -0.194. The molecule has 1 atom stereocenters. The maximum atomic E-state index is 12.9. The highest BCUT2D eigenvalue weighted by Gasteiger charge is 2.33. The van der Waals surface area contributed by atoms with Crippen molar-refractivity contribution < 1.29 is 19.0 Å². The molecular formula is C25H31N3O4S3. The van der Waals surface area contributed by atoms with E-state index in [-0.39, 0.29) is 17.3 Å². The minimum Gasteiger partial charge on any atom is -0.497 e. The average molecular weight is 534 g/mol. The van der Waals surface area contributed by atoms with Crippen molar-refractivity contribution in [2.24, 2.45) is 0 Å². The van der Waals surface area contributed by atoms with Gasteiger partial charge < -0.3 is 19.5 Å². The topological polar surface area (TPSA) is 82.6 Å². The lowest BCUT2D eigenvalue weighted by Gasteiger charge is -2.33. The fourth-order valence-electron chi connectivity index (χ4n) is 3.83. The quantitative estimate of drug-likeness (QED) is 0.188. The predicted molar refractivity (Wildman–Crippen MR) is 145 cm³/mol. The molecule has 1 aliphatic heterocycles. The maximum Gasteiger partial charge on any atom is 0.234 e. The Balaban J connectivity index is 1.60. The summed E-state index contributed by atoms with van der Waals surface area (Å²) in [6.45, 7) is 7.06. The minimum absolute atomic E-state index is 0.126. The maximum absolute atomic E-state index is 12.9. The van der Waals surface area contributed by atoms with E-state index in [0.29, 0.717) is 23.8 Å². The van der Waals surface area contributed by atoms with Gasteiger partial charge in [-0.25, -0.2) is 9.97 Å². The molecule has 10 heteroatoms. The second kappa shape index (κ2) is 11.4. The molecule has 1 amide bonds. The first kappa shape index (κ1) is 26.1. The molecule has 0 bridgehead atoms. The lowest BCUT2D eigenvalue weighted by atomic mass is 9.90. The molecule has 188 valence electrons. The average Bonchev–Trinajstić information content (AvgIpc) is 3.23. The van der Waals surface area contributed by atoms with Gasteiger partial charge in [-0.15, -0.1) is 11.3 Å². The van der Waals surface area contributed by atoms with Gasteiger partial charge in [0.1, 0.15) is 21.4 Å². The molecule has 35 heavy (non-hydrogen) atoms. The molecule has 3 heterocycles. The van der Waals surface area contributed by atoms with Crippen LogP contribution in [-0.2, 0) is 22.6 Å². The summed E-state index contributed by atoms with van der Waals surface area (Å²) < 4.78 is 16.8. The van der Waals surface area contributed by atoms with Gasteiger partial charge in [-0.3, -0.25) is 4.79 Å². The standard InChI is InChI=1S/C25H31N3O4S3/c1-6-10-33-24-27-22(21-16-12-25(3,7-2)32-13-19(16)35-23(21)28-24)34-14-20(29)26-17-9-8-15(30-4)11-18(17)31-5/h8-9,11H,6-7,10,12-14H2,1-5H3,(H,26,29). The van der Waals surface area contributed by atoms with E-state index >= 15 is 0 Å². The van der Waals surface area contributed by atoms with Crippen molar-refractivity contribution in [1.82, 2.24) is 9.97 Å². The molecule has 1 N–H and O–H groups in total. The Labute approximate surface area is 218 Å². The number of benzene rings is 1. The Morgan fingerprint density at radius 1 is 1.23 bits per heavy atom. The fraction of sp³-hybridized carbons (Fsp3) is 0.480. The summed E-state index contributed by atoms with van der Waals surface area (Å²) >= 11 is 4.80. The number of thiophene rings is 1. The van der Waals surface area contributed by atoms with Crippen LogP contribution in [0.1, 0.15) is 44.1 Å². The third-order valence-corrected chi connectivity index (χ3v) is 9.12. The van der Waals surface area contributed by atoms with Crippen LogP contribution in [0.25, 0.3) is 10.2 Å². The van der Waals surface area contributed by atoms with E-state index in [1.807, 2.05) is 0 Å². The Morgan fingerprint density at radius 3 is 2.77 bits per heavy atom. The molecule has 1 unspecified atom stereocenters. The Morgan fingerprint density at radius 2 is 2.06 bits per heavy atom. The van der Waals surface area contributed by atoms with Crippen molar-refractivity contribution in [3.05, 3.63) is 28.6 Å². The van der Waals surface area contributed by atoms with Crippen LogP contribution in [0.3, 0.4) is 0 Å². The number of rotatable bonds is 10. The molecule has 0 aliphatic carbocycles. The number of thioether (sulfide) groups is 2. The number of nitrogens with zero attached hydrogens (tertiary/aromatic N) is 2. The van der Waals surface area contributed by atoms with E-state index in [9.17, 15) is 4.79 Å². The Hall–Kier alpha value is -2.01. The molecule has 0 fully saturated rings. The van der Waals surface area contributed by atoms with Gasteiger partial charge >= 0.3 is 0 Å². The third kappa shape index (κ3) is 5.87. The zero-order valence-corrected chi connectivity index (χ0v) is 23.2. The van der Waals surface area contributed by atoms with Crippen molar-refractivity contribution in [2.75, 3.05) is 31.0 Å². The van der Waals surface area contributed by atoms with E-state index in [1.54, 1.807) is 55.5 Å². The van der Waals surface area contributed by atoms with E-state index in [4.69, 9.17) is 24.2 Å². The summed E-state index contributed by atoms with van der Waals surface area (Å²) in [5, 5.41) is 5.65. The van der Waals surface area contributed by atoms with E-state index < -0.39 is 0 Å². The number of hydrogen-bond donors (Lipinski definition) is 1. The van der Waals surface area contributed by atoms with Crippen molar-refractivity contribution in [3.63, 3.8) is 0 Å². The number of nitrogens with one attached hydrogen (secondary N) is 1. The van der Waals surface area contributed by atoms with E-state index in [0.717, 1.165) is 45.4 Å². The first-order valence-electron chi connectivity index (χ1n) is 11.6. The number of aromatic nitrogens is 2. The summed E-state index contributed by atoms with van der Waals surface area (Å²) in [6, 6.07) is 5.32. The highest BCUT2D eigenvalue weighted by molar-refractivity contribution is 8.00. The number of methoxy groups -OCH3 is 2. The van der Waals surface area contributed by atoms with Gasteiger partial charge in [0.05, 0.1) is 37.9 Å². The van der Waals surface area contributed by atoms with Crippen LogP contribution in [0.15, 0.2) is 28.4 Å². The van der Waals surface area contributed by atoms with Gasteiger partial charge in [-0.05, 0) is 37.5 Å². The van der Waals surface area contributed by atoms with Crippen molar-refractivity contribution in [2.45, 2.75) is 62.4 Å². The fourth-order valence-corrected chi connectivity index (χ4v) is 6.67. The van der Waals surface area contributed by atoms with Gasteiger partial charge in [-0.2, -0.15) is 0 Å². The number of carbonyl (C=O) groups excluding carboxylic acids is 1. The molecular weight excluding hydrogens is 502 g/mol. The summed E-state index contributed by atoms with van der Waals surface area (Å²) in [5.74, 6) is 2.27. The number of anilines is 1. The molecule has 1 aliphatic rings. The van der Waals surface area contributed by atoms with Gasteiger partial charge in [0.2, 0.25) is 5.91 Å². The highest BCUT2D eigenvalue weighted by atomic mass is 32.2. The van der Waals surface area contributed by atoms with Crippen LogP contribution >= 0.6 is 34.9 Å². The number of hydrogen-bond acceptors (Lipinski definition) is 9. The van der Waals surface area contributed by atoms with E-state index in [1.165, 1.54) is 22.2 Å². The molecule has 2 aromatic heterocycles. The van der Waals surface area contributed by atoms with Crippen LogP contribution in [-0.4, -0.2) is 47.2 Å². The SMILES string of the molecule is CCCSc1nc(SCC(=O)Nc2ccc(OC)cc2OC)c2c3c(sc2n1)COC(C)(CC)C3. The van der Waals surface area contributed by atoms with Crippen LogP contribution in [0, 0.1) is 0 Å². The summed E-state index contributed by atoms with van der Waals surface area (Å²) in [6.07, 6.45) is 2.81. The molecule has 0 spiro atoms. The molecule has 4 rings (SSSR count). The summed E-state index contributed by atoms with van der Waals surface area (Å²) in [5.41, 5.74) is 1.68. The normalized spacial score (nSPS) is 17.3. The predicted octanol–water partition coefficient (Wildman–Crippen LogP) is 6.18. The molecule has 0 radical (unpaired) electrons. The van der Waals surface area contributed by atoms with Gasteiger partial charge in [0, 0.05) is 28.5 Å². The zero-order chi connectivity index (χ0) is 25.0. The van der Waals surface area contributed by atoms with Crippen LogP contribution in [0.2, 0.25) is 0 Å². The monoisotopic (exact) mass is 533 g/mol. The third-order valence-electron chi connectivity index (χ3n) is 5.99. The summed E-state index contributed by atoms with van der Waals surface area (Å²) in [7, 11) is 3.16. The van der Waals surface area contributed by atoms with Crippen LogP contribution in [0.5, 0.6) is 11.5 Å². The first-order chi connectivity index (χ1) is 16.9. The Kier molecular flexibility index (Phi) is 8.46. The van der Waals surface area contributed by atoms with Crippen molar-refractivity contribution in [3.8, 4) is 11.5 Å². The van der Waals surface area contributed by atoms with Crippen molar-refractivity contribution in [1.29, 1.82) is 0 Å². The number of ether oxygens (including phenoxy) is 3. The number of carbonyl (C=O) groups is 1. The smallest absolute Gasteiger partial charge is 0.234 e. The molecule has 3 aromatic rings. The van der Waals surface area contributed by atoms with Crippen LogP contribution in [0.4, 0.5) is 5.69 Å². The van der Waals surface area contributed by atoms with Crippen LogP contribution < -0.4 is 14.8 Å². The number of amides is 1. The Bertz CT molecular complexity index is 1220. The molecule has 0 saturated heterocycles. The number of fused-ring (bicyclic) bond motifs is 3. The van der Waals surface area contributed by atoms with E-state index in [2.05, 4.69) is 26.1 Å². The first-order valence-corrected chi connectivity index (χ1v) is 14.4. The van der Waals surface area contributed by atoms with Gasteiger partial charge in [-0.1, -0.05) is 37.4 Å². The zero-order valence-electron chi connectivity index (χ0n) is 20.7. The largest absolute Gasteiger partial charge is 0.497 e. The summed E-state index contributed by atoms with van der Waals surface area (Å²) in [4.78, 5) is 24.8. The molecule has 1 aromatic carbocycles. The van der Waals surface area contributed by atoms with Gasteiger partial charge in [0.25, 0.3) is 0 Å². The van der Waals surface area contributed by atoms with Gasteiger partial charge in [0.15, 0.2) is 5.16 Å². The lowest BCUT2D eigenvalue weighted by molar-refractivity contribution is -0.113.